The largest absolute Gasteiger partial charge is 0.507 e. The minimum atomic E-state index is 0.483. The Bertz CT molecular complexity index is 500. The van der Waals surface area contributed by atoms with Gasteiger partial charge in [0.25, 0.3) is 0 Å². The Kier molecular flexibility index (Phi) is 3.14. The van der Waals surface area contributed by atoms with Crippen LogP contribution in [0.3, 0.4) is 0 Å². The van der Waals surface area contributed by atoms with Crippen LogP contribution >= 0.6 is 0 Å². The molecular weight excluding hydrogens is 196 g/mol. The van der Waals surface area contributed by atoms with Gasteiger partial charge in [0.05, 0.1) is 0 Å². The predicted molar refractivity (Wildman–Crippen MR) is 69.0 cm³/mol. The summed E-state index contributed by atoms with van der Waals surface area (Å²) >= 11 is 0. The summed E-state index contributed by atoms with van der Waals surface area (Å²) in [6.45, 7) is 4.29. The molecule has 0 radical (unpaired) electrons. The van der Waals surface area contributed by atoms with Gasteiger partial charge in [-0.15, -0.1) is 0 Å². The number of rotatable bonds is 3. The SMILES string of the molecule is CCCc1c(CC)cc2ccccc2c1O. The summed E-state index contributed by atoms with van der Waals surface area (Å²) in [5.74, 6) is 0.483. The zero-order valence-corrected chi connectivity index (χ0v) is 9.96. The number of aryl methyl sites for hydroxylation is 1. The number of hydrogen-bond donors (Lipinski definition) is 1. The van der Waals surface area contributed by atoms with Crippen molar-refractivity contribution in [2.45, 2.75) is 33.1 Å². The van der Waals surface area contributed by atoms with E-state index in [-0.39, 0.29) is 0 Å². The van der Waals surface area contributed by atoms with Gasteiger partial charge < -0.3 is 5.11 Å². The van der Waals surface area contributed by atoms with Gasteiger partial charge in [0.15, 0.2) is 0 Å². The van der Waals surface area contributed by atoms with Crippen LogP contribution in [-0.4, -0.2) is 5.11 Å². The summed E-state index contributed by atoms with van der Waals surface area (Å²) in [5, 5.41) is 12.4. The second-order valence-corrected chi connectivity index (χ2v) is 4.19. The number of fused-ring (bicyclic) bond motifs is 1. The molecule has 2 rings (SSSR count). The Labute approximate surface area is 96.7 Å². The molecule has 84 valence electrons. The van der Waals surface area contributed by atoms with Crippen molar-refractivity contribution in [3.05, 3.63) is 41.5 Å². The summed E-state index contributed by atoms with van der Waals surface area (Å²) in [4.78, 5) is 0. The van der Waals surface area contributed by atoms with E-state index >= 15 is 0 Å². The highest BCUT2D eigenvalue weighted by Gasteiger charge is 2.10. The molecular formula is C15H18O. The zero-order chi connectivity index (χ0) is 11.5. The van der Waals surface area contributed by atoms with Crippen molar-refractivity contribution in [3.8, 4) is 5.75 Å². The Hall–Kier alpha value is -1.50. The number of phenols is 1. The third-order valence-electron chi connectivity index (χ3n) is 3.10. The second kappa shape index (κ2) is 4.56. The molecule has 0 unspecified atom stereocenters. The smallest absolute Gasteiger partial charge is 0.126 e. The lowest BCUT2D eigenvalue weighted by atomic mass is 9.95. The van der Waals surface area contributed by atoms with E-state index < -0.39 is 0 Å². The van der Waals surface area contributed by atoms with Gasteiger partial charge in [0.2, 0.25) is 0 Å². The van der Waals surface area contributed by atoms with Gasteiger partial charge in [0.1, 0.15) is 5.75 Å². The first kappa shape index (κ1) is 11.0. The Balaban J connectivity index is 2.71. The highest BCUT2D eigenvalue weighted by molar-refractivity contribution is 5.90. The van der Waals surface area contributed by atoms with E-state index in [9.17, 15) is 5.11 Å². The maximum atomic E-state index is 10.3. The molecule has 0 spiro atoms. The first-order chi connectivity index (χ1) is 7.77. The van der Waals surface area contributed by atoms with Gasteiger partial charge in [-0.3, -0.25) is 0 Å². The molecule has 0 atom stereocenters. The average Bonchev–Trinajstić information content (AvgIpc) is 2.33. The van der Waals surface area contributed by atoms with Crippen LogP contribution in [0.15, 0.2) is 30.3 Å². The molecule has 0 amide bonds. The van der Waals surface area contributed by atoms with E-state index in [1.54, 1.807) is 0 Å². The maximum Gasteiger partial charge on any atom is 0.126 e. The molecule has 0 aliphatic rings. The Morgan fingerprint density at radius 2 is 1.88 bits per heavy atom. The normalized spacial score (nSPS) is 10.9. The zero-order valence-electron chi connectivity index (χ0n) is 9.96. The van der Waals surface area contributed by atoms with Crippen LogP contribution in [0, 0.1) is 0 Å². The van der Waals surface area contributed by atoms with Crippen molar-refractivity contribution in [2.24, 2.45) is 0 Å². The molecule has 1 N–H and O–H groups in total. The Morgan fingerprint density at radius 1 is 1.12 bits per heavy atom. The first-order valence-corrected chi connectivity index (χ1v) is 6.00. The van der Waals surface area contributed by atoms with Crippen molar-refractivity contribution in [1.82, 2.24) is 0 Å². The van der Waals surface area contributed by atoms with Crippen molar-refractivity contribution in [3.63, 3.8) is 0 Å². The van der Waals surface area contributed by atoms with Gasteiger partial charge >= 0.3 is 0 Å². The summed E-state index contributed by atoms with van der Waals surface area (Å²) in [6, 6.07) is 10.2. The van der Waals surface area contributed by atoms with E-state index in [1.807, 2.05) is 18.2 Å². The van der Waals surface area contributed by atoms with Gasteiger partial charge in [-0.05, 0) is 29.4 Å². The fourth-order valence-corrected chi connectivity index (χ4v) is 2.27. The molecule has 1 heteroatoms. The van der Waals surface area contributed by atoms with Crippen LogP contribution in [0.5, 0.6) is 5.75 Å². The standard InChI is InChI=1S/C15H18O/c1-3-7-13-11(4-2)10-12-8-5-6-9-14(12)15(13)16/h5-6,8-10,16H,3-4,7H2,1-2H3. The number of hydrogen-bond acceptors (Lipinski definition) is 1. The van der Waals surface area contributed by atoms with Crippen molar-refractivity contribution < 1.29 is 5.11 Å². The van der Waals surface area contributed by atoms with Crippen LogP contribution in [0.25, 0.3) is 10.8 Å². The van der Waals surface area contributed by atoms with Crippen molar-refractivity contribution >= 4 is 10.8 Å². The van der Waals surface area contributed by atoms with E-state index in [2.05, 4.69) is 26.0 Å². The molecule has 0 fully saturated rings. The lowest BCUT2D eigenvalue weighted by Gasteiger charge is -2.12. The third-order valence-corrected chi connectivity index (χ3v) is 3.10. The number of benzene rings is 2. The summed E-state index contributed by atoms with van der Waals surface area (Å²) in [7, 11) is 0. The average molecular weight is 214 g/mol. The lowest BCUT2D eigenvalue weighted by Crippen LogP contribution is -1.94. The highest BCUT2D eigenvalue weighted by Crippen LogP contribution is 2.32. The van der Waals surface area contributed by atoms with Gasteiger partial charge in [-0.25, -0.2) is 0 Å². The molecule has 2 aromatic carbocycles. The Morgan fingerprint density at radius 3 is 2.56 bits per heavy atom. The molecule has 0 saturated carbocycles. The highest BCUT2D eigenvalue weighted by atomic mass is 16.3. The van der Waals surface area contributed by atoms with Gasteiger partial charge in [0, 0.05) is 5.39 Å². The summed E-state index contributed by atoms with van der Waals surface area (Å²) in [5.41, 5.74) is 2.40. The monoisotopic (exact) mass is 214 g/mol. The molecule has 16 heavy (non-hydrogen) atoms. The first-order valence-electron chi connectivity index (χ1n) is 6.00. The van der Waals surface area contributed by atoms with Crippen molar-refractivity contribution in [2.75, 3.05) is 0 Å². The lowest BCUT2D eigenvalue weighted by molar-refractivity contribution is 0.473. The molecule has 1 nitrogen and oxygen atoms in total. The van der Waals surface area contributed by atoms with E-state index in [0.717, 1.165) is 35.6 Å². The fraction of sp³-hybridized carbons (Fsp3) is 0.333. The molecule has 0 aromatic heterocycles. The van der Waals surface area contributed by atoms with Crippen LogP contribution in [0.4, 0.5) is 0 Å². The van der Waals surface area contributed by atoms with Gasteiger partial charge in [-0.2, -0.15) is 0 Å². The van der Waals surface area contributed by atoms with E-state index in [1.165, 1.54) is 5.56 Å². The van der Waals surface area contributed by atoms with Crippen LogP contribution in [0.2, 0.25) is 0 Å². The van der Waals surface area contributed by atoms with Crippen LogP contribution in [-0.2, 0) is 12.8 Å². The van der Waals surface area contributed by atoms with E-state index in [0.29, 0.717) is 5.75 Å². The number of phenolic OH excluding ortho intramolecular Hbond substituents is 1. The third kappa shape index (κ3) is 1.78. The minimum absolute atomic E-state index is 0.483. The summed E-state index contributed by atoms with van der Waals surface area (Å²) in [6.07, 6.45) is 3.01. The summed E-state index contributed by atoms with van der Waals surface area (Å²) < 4.78 is 0. The van der Waals surface area contributed by atoms with Crippen LogP contribution in [0.1, 0.15) is 31.4 Å². The molecule has 0 aliphatic carbocycles. The number of aromatic hydroxyl groups is 1. The molecule has 0 saturated heterocycles. The van der Waals surface area contributed by atoms with Crippen molar-refractivity contribution in [1.29, 1.82) is 0 Å². The minimum Gasteiger partial charge on any atom is -0.507 e. The second-order valence-electron chi connectivity index (χ2n) is 4.19. The topological polar surface area (TPSA) is 20.2 Å². The van der Waals surface area contributed by atoms with Crippen LogP contribution < -0.4 is 0 Å². The van der Waals surface area contributed by atoms with Gasteiger partial charge in [-0.1, -0.05) is 50.6 Å². The maximum absolute atomic E-state index is 10.3. The predicted octanol–water partition coefficient (Wildman–Crippen LogP) is 4.06. The molecule has 0 heterocycles. The molecule has 0 aliphatic heterocycles. The van der Waals surface area contributed by atoms with E-state index in [4.69, 9.17) is 0 Å². The molecule has 2 aromatic rings. The quantitative estimate of drug-likeness (QED) is 0.816. The molecule has 0 bridgehead atoms. The fourth-order valence-electron chi connectivity index (χ4n) is 2.27.